The summed E-state index contributed by atoms with van der Waals surface area (Å²) in [4.78, 5) is 11.6. The second kappa shape index (κ2) is 7.88. The highest BCUT2D eigenvalue weighted by Crippen LogP contribution is 2.15. The zero-order valence-corrected chi connectivity index (χ0v) is 13.8. The molecule has 0 saturated heterocycles. The van der Waals surface area contributed by atoms with Crippen molar-refractivity contribution in [2.45, 2.75) is 13.3 Å². The summed E-state index contributed by atoms with van der Waals surface area (Å²) < 4.78 is 0. The van der Waals surface area contributed by atoms with Gasteiger partial charge in [-0.2, -0.15) is 0 Å². The monoisotopic (exact) mass is 385 g/mol. The van der Waals surface area contributed by atoms with Crippen molar-refractivity contribution in [1.29, 1.82) is 0 Å². The molecule has 0 radical (unpaired) electrons. The zero-order valence-electron chi connectivity index (χ0n) is 11.5. The summed E-state index contributed by atoms with van der Waals surface area (Å²) in [7, 11) is 0. The molecule has 108 valence electrons. The van der Waals surface area contributed by atoms with E-state index in [1.54, 1.807) is 6.20 Å². The molecule has 0 aliphatic rings. The number of aliphatic imine (C=N–C) groups is 1. The third-order valence-corrected chi connectivity index (χ3v) is 2.76. The van der Waals surface area contributed by atoms with Gasteiger partial charge in [-0.05, 0) is 31.0 Å². The predicted molar refractivity (Wildman–Crippen MR) is 94.5 cm³/mol. The second-order valence-electron chi connectivity index (χ2n) is 4.55. The van der Waals surface area contributed by atoms with E-state index in [0.717, 1.165) is 29.6 Å². The molecule has 2 aromatic rings. The molecule has 0 bridgehead atoms. The Hall–Kier alpha value is -1.57. The Morgan fingerprint density at radius 3 is 3.10 bits per heavy atom. The minimum absolute atomic E-state index is 0. The summed E-state index contributed by atoms with van der Waals surface area (Å²) in [6.07, 6.45) is 4.64. The standard InChI is InChI=1S/C14H19N5.HI/c1-10(2)8-19-14(15)17-7-5-11-9-18-13-12(11)4-3-6-16-13;/h3-4,6,9H,1,5,7-8H2,2H3,(H,16,18)(H3,15,17,19);1H. The van der Waals surface area contributed by atoms with E-state index in [2.05, 4.69) is 32.9 Å². The molecule has 0 amide bonds. The van der Waals surface area contributed by atoms with Crippen molar-refractivity contribution in [3.8, 4) is 0 Å². The van der Waals surface area contributed by atoms with Crippen molar-refractivity contribution in [3.63, 3.8) is 0 Å². The molecular formula is C14H20IN5. The van der Waals surface area contributed by atoms with Gasteiger partial charge < -0.3 is 16.0 Å². The lowest BCUT2D eigenvalue weighted by Crippen LogP contribution is -2.33. The summed E-state index contributed by atoms with van der Waals surface area (Å²) in [6, 6.07) is 4.00. The Balaban J connectivity index is 0.00000200. The van der Waals surface area contributed by atoms with Crippen LogP contribution in [0.2, 0.25) is 0 Å². The van der Waals surface area contributed by atoms with E-state index in [9.17, 15) is 0 Å². The number of nitrogens with two attached hydrogens (primary N) is 1. The van der Waals surface area contributed by atoms with Crippen molar-refractivity contribution in [3.05, 3.63) is 42.2 Å². The van der Waals surface area contributed by atoms with Gasteiger partial charge in [0.1, 0.15) is 5.65 Å². The van der Waals surface area contributed by atoms with Crippen LogP contribution in [0.5, 0.6) is 0 Å². The van der Waals surface area contributed by atoms with Crippen LogP contribution in [-0.4, -0.2) is 29.0 Å². The van der Waals surface area contributed by atoms with Crippen molar-refractivity contribution in [2.24, 2.45) is 10.7 Å². The second-order valence-corrected chi connectivity index (χ2v) is 4.55. The number of H-pyrrole nitrogens is 1. The van der Waals surface area contributed by atoms with E-state index in [1.807, 2.05) is 19.2 Å². The molecule has 0 atom stereocenters. The number of nitrogens with zero attached hydrogens (tertiary/aromatic N) is 2. The molecular weight excluding hydrogens is 365 g/mol. The third-order valence-electron chi connectivity index (χ3n) is 2.76. The number of pyridine rings is 1. The molecule has 0 aromatic carbocycles. The first-order valence-electron chi connectivity index (χ1n) is 6.26. The van der Waals surface area contributed by atoms with Crippen LogP contribution < -0.4 is 11.1 Å². The highest BCUT2D eigenvalue weighted by atomic mass is 127. The largest absolute Gasteiger partial charge is 0.370 e. The number of guanidine groups is 1. The van der Waals surface area contributed by atoms with Crippen LogP contribution in [0.3, 0.4) is 0 Å². The molecule has 4 N–H and O–H groups in total. The quantitative estimate of drug-likeness (QED) is 0.320. The van der Waals surface area contributed by atoms with Gasteiger partial charge in [0.25, 0.3) is 0 Å². The maximum absolute atomic E-state index is 5.75. The van der Waals surface area contributed by atoms with Crippen LogP contribution in [0, 0.1) is 0 Å². The van der Waals surface area contributed by atoms with Crippen LogP contribution in [-0.2, 0) is 6.42 Å². The molecule has 2 rings (SSSR count). The average molecular weight is 385 g/mol. The molecule has 0 spiro atoms. The van der Waals surface area contributed by atoms with E-state index >= 15 is 0 Å². The van der Waals surface area contributed by atoms with E-state index in [4.69, 9.17) is 5.73 Å². The molecule has 5 nitrogen and oxygen atoms in total. The van der Waals surface area contributed by atoms with Gasteiger partial charge in [0.15, 0.2) is 5.96 Å². The van der Waals surface area contributed by atoms with Gasteiger partial charge in [-0.15, -0.1) is 24.0 Å². The van der Waals surface area contributed by atoms with Crippen molar-refractivity contribution in [1.82, 2.24) is 15.3 Å². The van der Waals surface area contributed by atoms with Gasteiger partial charge in [0.2, 0.25) is 0 Å². The van der Waals surface area contributed by atoms with Gasteiger partial charge in [0.05, 0.1) is 6.54 Å². The Bertz CT molecular complexity index is 602. The molecule has 0 aliphatic heterocycles. The average Bonchev–Trinajstić information content (AvgIpc) is 2.80. The lowest BCUT2D eigenvalue weighted by Gasteiger charge is -2.05. The first kappa shape index (κ1) is 16.5. The number of hydrogen-bond acceptors (Lipinski definition) is 2. The summed E-state index contributed by atoms with van der Waals surface area (Å²) in [6.45, 7) is 7.02. The number of aromatic amines is 1. The lowest BCUT2D eigenvalue weighted by molar-refractivity contribution is 0.856. The topological polar surface area (TPSA) is 79.1 Å². The number of rotatable bonds is 5. The van der Waals surface area contributed by atoms with Crippen LogP contribution in [0.15, 0.2) is 41.7 Å². The van der Waals surface area contributed by atoms with E-state index in [1.165, 1.54) is 5.56 Å². The molecule has 0 aliphatic carbocycles. The summed E-state index contributed by atoms with van der Waals surface area (Å²) in [5.74, 6) is 0.459. The predicted octanol–water partition coefficient (Wildman–Crippen LogP) is 2.20. The molecule has 0 saturated carbocycles. The van der Waals surface area contributed by atoms with Crippen molar-refractivity contribution in [2.75, 3.05) is 13.1 Å². The van der Waals surface area contributed by atoms with Crippen molar-refractivity contribution >= 4 is 41.0 Å². The summed E-state index contributed by atoms with van der Waals surface area (Å²) >= 11 is 0. The van der Waals surface area contributed by atoms with Crippen LogP contribution in [0.25, 0.3) is 11.0 Å². The minimum Gasteiger partial charge on any atom is -0.370 e. The van der Waals surface area contributed by atoms with Gasteiger partial charge in [-0.25, -0.2) is 9.98 Å². The lowest BCUT2D eigenvalue weighted by atomic mass is 10.1. The molecule has 20 heavy (non-hydrogen) atoms. The summed E-state index contributed by atoms with van der Waals surface area (Å²) in [5, 5.41) is 4.25. The number of hydrogen-bond donors (Lipinski definition) is 3. The van der Waals surface area contributed by atoms with E-state index in [0.29, 0.717) is 12.5 Å². The van der Waals surface area contributed by atoms with Crippen molar-refractivity contribution < 1.29 is 0 Å². The number of aromatic nitrogens is 2. The molecule has 0 unspecified atom stereocenters. The fourth-order valence-electron chi connectivity index (χ4n) is 1.82. The highest BCUT2D eigenvalue weighted by Gasteiger charge is 2.03. The SMILES string of the molecule is C=C(C)CN=C(N)NCCc1c[nH]c2ncccc12.I. The van der Waals surface area contributed by atoms with Gasteiger partial charge >= 0.3 is 0 Å². The fraction of sp³-hybridized carbons (Fsp3) is 0.286. The Morgan fingerprint density at radius 1 is 1.55 bits per heavy atom. The number of halogens is 1. The van der Waals surface area contributed by atoms with Crippen LogP contribution in [0.1, 0.15) is 12.5 Å². The first-order chi connectivity index (χ1) is 9.16. The Morgan fingerprint density at radius 2 is 2.35 bits per heavy atom. The van der Waals surface area contributed by atoms with E-state index < -0.39 is 0 Å². The molecule has 0 fully saturated rings. The fourth-order valence-corrected chi connectivity index (χ4v) is 1.82. The zero-order chi connectivity index (χ0) is 13.7. The first-order valence-corrected chi connectivity index (χ1v) is 6.26. The maximum atomic E-state index is 5.75. The Labute approximate surface area is 135 Å². The van der Waals surface area contributed by atoms with Gasteiger partial charge in [-0.3, -0.25) is 0 Å². The molecule has 6 heteroatoms. The smallest absolute Gasteiger partial charge is 0.188 e. The minimum atomic E-state index is 0. The molecule has 2 aromatic heterocycles. The maximum Gasteiger partial charge on any atom is 0.188 e. The van der Waals surface area contributed by atoms with Gasteiger partial charge in [-0.1, -0.05) is 12.2 Å². The normalized spacial score (nSPS) is 11.2. The van der Waals surface area contributed by atoms with Crippen LogP contribution >= 0.6 is 24.0 Å². The highest BCUT2D eigenvalue weighted by molar-refractivity contribution is 14.0. The van der Waals surface area contributed by atoms with E-state index in [-0.39, 0.29) is 24.0 Å². The molecule has 2 heterocycles. The number of nitrogens with one attached hydrogen (secondary N) is 2. The third kappa shape index (κ3) is 4.52. The summed E-state index contributed by atoms with van der Waals surface area (Å²) in [5.41, 5.74) is 8.89. The Kier molecular flexibility index (Phi) is 6.50. The van der Waals surface area contributed by atoms with Crippen LogP contribution in [0.4, 0.5) is 0 Å². The number of fused-ring (bicyclic) bond motifs is 1. The van der Waals surface area contributed by atoms with Gasteiger partial charge in [0, 0.05) is 24.3 Å².